The number of hydrogen-bond acceptors (Lipinski definition) is 2. The van der Waals surface area contributed by atoms with Crippen LogP contribution in [0.15, 0.2) is 24.3 Å². The van der Waals surface area contributed by atoms with Crippen molar-refractivity contribution in [2.45, 2.75) is 32.7 Å². The summed E-state index contributed by atoms with van der Waals surface area (Å²) in [6, 6.07) is 7.81. The Bertz CT molecular complexity index is 350. The van der Waals surface area contributed by atoms with Crippen molar-refractivity contribution in [1.29, 1.82) is 0 Å². The standard InChI is InChI=1S/C13H19NO2/c1-4-10(2)14-13(15)9-11-7-5-6-8-12(11)16-3/h5-8,10H,4,9H2,1-3H3,(H,14,15)/t10-/m1/s1. The molecular weight excluding hydrogens is 202 g/mol. The van der Waals surface area contributed by atoms with Gasteiger partial charge in [-0.2, -0.15) is 0 Å². The van der Waals surface area contributed by atoms with Crippen molar-refractivity contribution in [1.82, 2.24) is 5.32 Å². The molecule has 0 radical (unpaired) electrons. The molecule has 1 N–H and O–H groups in total. The number of hydrogen-bond donors (Lipinski definition) is 1. The quantitative estimate of drug-likeness (QED) is 0.827. The van der Waals surface area contributed by atoms with Crippen molar-refractivity contribution >= 4 is 5.91 Å². The van der Waals surface area contributed by atoms with Gasteiger partial charge in [0.25, 0.3) is 0 Å². The summed E-state index contributed by atoms with van der Waals surface area (Å²) in [6.07, 6.45) is 1.31. The van der Waals surface area contributed by atoms with Crippen LogP contribution in [0.1, 0.15) is 25.8 Å². The topological polar surface area (TPSA) is 38.3 Å². The van der Waals surface area contributed by atoms with Crippen molar-refractivity contribution in [2.24, 2.45) is 0 Å². The van der Waals surface area contributed by atoms with E-state index in [0.717, 1.165) is 17.7 Å². The van der Waals surface area contributed by atoms with E-state index in [1.165, 1.54) is 0 Å². The van der Waals surface area contributed by atoms with Gasteiger partial charge in [0.15, 0.2) is 0 Å². The first-order chi connectivity index (χ1) is 7.67. The maximum Gasteiger partial charge on any atom is 0.224 e. The highest BCUT2D eigenvalue weighted by molar-refractivity contribution is 5.79. The minimum absolute atomic E-state index is 0.0406. The predicted octanol–water partition coefficient (Wildman–Crippen LogP) is 2.15. The van der Waals surface area contributed by atoms with E-state index in [9.17, 15) is 4.79 Å². The highest BCUT2D eigenvalue weighted by Gasteiger charge is 2.09. The molecule has 0 bridgehead atoms. The number of para-hydroxylation sites is 1. The summed E-state index contributed by atoms with van der Waals surface area (Å²) >= 11 is 0. The number of nitrogens with one attached hydrogen (secondary N) is 1. The van der Waals surface area contributed by atoms with E-state index in [2.05, 4.69) is 5.32 Å². The molecule has 88 valence electrons. The smallest absolute Gasteiger partial charge is 0.224 e. The second-order valence-electron chi connectivity index (χ2n) is 3.87. The van der Waals surface area contributed by atoms with Crippen LogP contribution in [0.4, 0.5) is 0 Å². The third kappa shape index (κ3) is 3.57. The molecule has 0 saturated heterocycles. The minimum atomic E-state index is 0.0406. The molecule has 1 aromatic carbocycles. The van der Waals surface area contributed by atoms with Gasteiger partial charge in [-0.05, 0) is 19.4 Å². The van der Waals surface area contributed by atoms with E-state index in [1.807, 2.05) is 38.1 Å². The van der Waals surface area contributed by atoms with Crippen LogP contribution < -0.4 is 10.1 Å². The zero-order chi connectivity index (χ0) is 12.0. The summed E-state index contributed by atoms with van der Waals surface area (Å²) in [6.45, 7) is 4.05. The summed E-state index contributed by atoms with van der Waals surface area (Å²) < 4.78 is 5.20. The molecule has 0 aromatic heterocycles. The molecule has 0 aliphatic rings. The van der Waals surface area contributed by atoms with Crippen LogP contribution in [-0.4, -0.2) is 19.1 Å². The van der Waals surface area contributed by atoms with Crippen LogP contribution in [0.5, 0.6) is 5.75 Å². The average molecular weight is 221 g/mol. The first kappa shape index (κ1) is 12.6. The number of benzene rings is 1. The van der Waals surface area contributed by atoms with E-state index in [4.69, 9.17) is 4.74 Å². The lowest BCUT2D eigenvalue weighted by molar-refractivity contribution is -0.121. The first-order valence-corrected chi connectivity index (χ1v) is 5.58. The zero-order valence-corrected chi connectivity index (χ0v) is 10.1. The molecule has 3 heteroatoms. The van der Waals surface area contributed by atoms with Gasteiger partial charge in [0.05, 0.1) is 13.5 Å². The van der Waals surface area contributed by atoms with E-state index in [1.54, 1.807) is 7.11 Å². The Balaban J connectivity index is 2.62. The molecule has 16 heavy (non-hydrogen) atoms. The van der Waals surface area contributed by atoms with Gasteiger partial charge >= 0.3 is 0 Å². The largest absolute Gasteiger partial charge is 0.496 e. The summed E-state index contributed by atoms with van der Waals surface area (Å²) in [5.41, 5.74) is 0.922. The Labute approximate surface area is 96.8 Å². The summed E-state index contributed by atoms with van der Waals surface area (Å²) in [5.74, 6) is 0.806. The van der Waals surface area contributed by atoms with Gasteiger partial charge in [0.1, 0.15) is 5.75 Å². The lowest BCUT2D eigenvalue weighted by atomic mass is 10.1. The Kier molecular flexibility index (Phi) is 4.83. The van der Waals surface area contributed by atoms with E-state index < -0.39 is 0 Å². The number of amides is 1. The van der Waals surface area contributed by atoms with Gasteiger partial charge < -0.3 is 10.1 Å². The van der Waals surface area contributed by atoms with Crippen LogP contribution in [-0.2, 0) is 11.2 Å². The molecule has 3 nitrogen and oxygen atoms in total. The van der Waals surface area contributed by atoms with Crippen LogP contribution >= 0.6 is 0 Å². The fourth-order valence-electron chi connectivity index (χ4n) is 1.45. The van der Waals surface area contributed by atoms with Gasteiger partial charge in [0.2, 0.25) is 5.91 Å². The second kappa shape index (κ2) is 6.16. The van der Waals surface area contributed by atoms with Crippen molar-refractivity contribution in [3.05, 3.63) is 29.8 Å². The molecule has 1 atom stereocenters. The molecule has 0 saturated carbocycles. The molecular formula is C13H19NO2. The van der Waals surface area contributed by atoms with Gasteiger partial charge in [0, 0.05) is 11.6 Å². The molecule has 0 heterocycles. The Morgan fingerprint density at radius 1 is 1.44 bits per heavy atom. The summed E-state index contributed by atoms with van der Waals surface area (Å²) in [5, 5.41) is 2.93. The third-order valence-corrected chi connectivity index (χ3v) is 2.56. The van der Waals surface area contributed by atoms with Gasteiger partial charge in [-0.1, -0.05) is 25.1 Å². The van der Waals surface area contributed by atoms with Crippen molar-refractivity contribution in [3.63, 3.8) is 0 Å². The maximum absolute atomic E-state index is 11.7. The van der Waals surface area contributed by atoms with Crippen molar-refractivity contribution in [3.8, 4) is 5.75 Å². The second-order valence-corrected chi connectivity index (χ2v) is 3.87. The monoisotopic (exact) mass is 221 g/mol. The zero-order valence-electron chi connectivity index (χ0n) is 10.1. The lowest BCUT2D eigenvalue weighted by Crippen LogP contribution is -2.33. The number of ether oxygens (including phenoxy) is 1. The summed E-state index contributed by atoms with van der Waals surface area (Å²) in [4.78, 5) is 11.7. The van der Waals surface area contributed by atoms with Crippen molar-refractivity contribution < 1.29 is 9.53 Å². The number of carbonyl (C=O) groups is 1. The van der Waals surface area contributed by atoms with Gasteiger partial charge in [-0.15, -0.1) is 0 Å². The Hall–Kier alpha value is -1.51. The molecule has 1 amide bonds. The normalized spacial score (nSPS) is 11.9. The van der Waals surface area contributed by atoms with E-state index in [-0.39, 0.29) is 11.9 Å². The number of methoxy groups -OCH3 is 1. The van der Waals surface area contributed by atoms with Crippen LogP contribution in [0.2, 0.25) is 0 Å². The van der Waals surface area contributed by atoms with Gasteiger partial charge in [-0.25, -0.2) is 0 Å². The third-order valence-electron chi connectivity index (χ3n) is 2.56. The minimum Gasteiger partial charge on any atom is -0.496 e. The van der Waals surface area contributed by atoms with Crippen LogP contribution in [0.3, 0.4) is 0 Å². The average Bonchev–Trinajstić information content (AvgIpc) is 2.29. The van der Waals surface area contributed by atoms with Gasteiger partial charge in [-0.3, -0.25) is 4.79 Å². The number of carbonyl (C=O) groups excluding carboxylic acids is 1. The van der Waals surface area contributed by atoms with Crippen LogP contribution in [0.25, 0.3) is 0 Å². The molecule has 0 spiro atoms. The number of rotatable bonds is 5. The van der Waals surface area contributed by atoms with E-state index in [0.29, 0.717) is 6.42 Å². The molecule has 1 aromatic rings. The molecule has 1 rings (SSSR count). The maximum atomic E-state index is 11.7. The first-order valence-electron chi connectivity index (χ1n) is 5.58. The highest BCUT2D eigenvalue weighted by Crippen LogP contribution is 2.17. The van der Waals surface area contributed by atoms with Crippen molar-refractivity contribution in [2.75, 3.05) is 7.11 Å². The van der Waals surface area contributed by atoms with E-state index >= 15 is 0 Å². The Morgan fingerprint density at radius 2 is 2.12 bits per heavy atom. The van der Waals surface area contributed by atoms with Crippen LogP contribution in [0, 0.1) is 0 Å². The SMILES string of the molecule is CC[C@@H](C)NC(=O)Cc1ccccc1OC. The molecule has 0 aliphatic carbocycles. The molecule has 0 fully saturated rings. The fraction of sp³-hybridized carbons (Fsp3) is 0.462. The summed E-state index contributed by atoms with van der Waals surface area (Å²) in [7, 11) is 1.62. The predicted molar refractivity (Wildman–Crippen MR) is 64.6 cm³/mol. The molecule has 0 unspecified atom stereocenters. The fourth-order valence-corrected chi connectivity index (χ4v) is 1.45. The molecule has 0 aliphatic heterocycles. The Morgan fingerprint density at radius 3 is 2.75 bits per heavy atom. The highest BCUT2D eigenvalue weighted by atomic mass is 16.5. The lowest BCUT2D eigenvalue weighted by Gasteiger charge is -2.12.